The maximum atomic E-state index is 12.2. The van der Waals surface area contributed by atoms with Crippen LogP contribution in [0.5, 0.6) is 5.88 Å². The van der Waals surface area contributed by atoms with Crippen molar-refractivity contribution in [3.63, 3.8) is 0 Å². The van der Waals surface area contributed by atoms with E-state index in [0.29, 0.717) is 5.69 Å². The predicted octanol–water partition coefficient (Wildman–Crippen LogP) is 0.261. The van der Waals surface area contributed by atoms with Crippen molar-refractivity contribution in [1.29, 1.82) is 0 Å². The lowest BCUT2D eigenvalue weighted by atomic mass is 10.2. The van der Waals surface area contributed by atoms with Gasteiger partial charge >= 0.3 is 0 Å². The molecule has 0 bridgehead atoms. The number of nitrogens with zero attached hydrogens (tertiary/aromatic N) is 1. The summed E-state index contributed by atoms with van der Waals surface area (Å²) in [7, 11) is 1.39. The normalized spacial score (nSPS) is 11.6. The number of amides is 1. The average Bonchev–Trinajstić information content (AvgIpc) is 2.54. The summed E-state index contributed by atoms with van der Waals surface area (Å²) in [5.74, 6) is -1.46. The zero-order chi connectivity index (χ0) is 17.7. The zero-order valence-corrected chi connectivity index (χ0v) is 13.7. The Kier molecular flexibility index (Phi) is 5.59. The number of rotatable bonds is 6. The molecule has 8 nitrogen and oxygen atoms in total. The third kappa shape index (κ3) is 4.59. The number of benzene rings is 1. The van der Waals surface area contributed by atoms with Crippen molar-refractivity contribution in [2.24, 2.45) is 0 Å². The molecular weight excluding hydrogens is 334 g/mol. The molecule has 0 unspecified atom stereocenters. The molecule has 1 aromatic carbocycles. The summed E-state index contributed by atoms with van der Waals surface area (Å²) >= 11 is 1.06. The van der Waals surface area contributed by atoms with E-state index in [2.05, 4.69) is 15.3 Å². The van der Waals surface area contributed by atoms with Crippen LogP contribution in [0.25, 0.3) is 0 Å². The second-order valence-electron chi connectivity index (χ2n) is 4.71. The van der Waals surface area contributed by atoms with Crippen molar-refractivity contribution in [3.8, 4) is 5.88 Å². The van der Waals surface area contributed by atoms with Crippen molar-refractivity contribution >= 4 is 29.3 Å². The van der Waals surface area contributed by atoms with Crippen molar-refractivity contribution in [3.05, 3.63) is 46.2 Å². The molecule has 126 valence electrons. The minimum absolute atomic E-state index is 0.0218. The van der Waals surface area contributed by atoms with Gasteiger partial charge in [-0.25, -0.2) is 0 Å². The van der Waals surface area contributed by atoms with Gasteiger partial charge in [-0.1, -0.05) is 23.9 Å². The van der Waals surface area contributed by atoms with Gasteiger partial charge in [-0.15, -0.1) is 0 Å². The number of hydrogen-bond donors (Lipinski definition) is 2. The smallest absolute Gasteiger partial charge is 0.255 e. The second kappa shape index (κ2) is 7.64. The minimum Gasteiger partial charge on any atom is -0.545 e. The Bertz CT molecular complexity index is 804. The van der Waals surface area contributed by atoms with Gasteiger partial charge in [0.15, 0.2) is 5.16 Å². The average molecular weight is 348 g/mol. The highest BCUT2D eigenvalue weighted by Crippen LogP contribution is 2.21. The van der Waals surface area contributed by atoms with E-state index in [1.165, 1.54) is 37.4 Å². The van der Waals surface area contributed by atoms with Crippen molar-refractivity contribution in [1.82, 2.24) is 9.97 Å². The SMILES string of the molecule is COc1cc(=O)[nH]c(S[C@H](C)C(=O)Nc2ccc(C(=O)[O-])cc2)n1. The lowest BCUT2D eigenvalue weighted by Gasteiger charge is -2.12. The van der Waals surface area contributed by atoms with Crippen LogP contribution in [0.3, 0.4) is 0 Å². The molecule has 24 heavy (non-hydrogen) atoms. The minimum atomic E-state index is -1.29. The molecule has 0 spiro atoms. The van der Waals surface area contributed by atoms with E-state index >= 15 is 0 Å². The number of carboxylic acid groups (broad SMARTS) is 1. The quantitative estimate of drug-likeness (QED) is 0.567. The number of H-pyrrole nitrogens is 1. The summed E-state index contributed by atoms with van der Waals surface area (Å²) in [6.07, 6.45) is 0. The molecule has 0 radical (unpaired) electrons. The maximum absolute atomic E-state index is 12.2. The lowest BCUT2D eigenvalue weighted by Crippen LogP contribution is -2.24. The molecule has 2 N–H and O–H groups in total. The molecule has 9 heteroatoms. The van der Waals surface area contributed by atoms with Crippen LogP contribution in [0, 0.1) is 0 Å². The fourth-order valence-electron chi connectivity index (χ4n) is 1.73. The number of carbonyl (C=O) groups excluding carboxylic acids is 2. The van der Waals surface area contributed by atoms with Crippen LogP contribution in [0.4, 0.5) is 5.69 Å². The Morgan fingerprint density at radius 2 is 2.00 bits per heavy atom. The van der Waals surface area contributed by atoms with Gasteiger partial charge in [-0.2, -0.15) is 4.98 Å². The molecule has 1 amide bonds. The first-order valence-electron chi connectivity index (χ1n) is 6.83. The molecule has 0 fully saturated rings. The highest BCUT2D eigenvalue weighted by Gasteiger charge is 2.16. The molecule has 1 atom stereocenters. The Balaban J connectivity index is 2.03. The molecule has 2 rings (SSSR count). The van der Waals surface area contributed by atoms with Gasteiger partial charge in [-0.3, -0.25) is 9.59 Å². The summed E-state index contributed by atoms with van der Waals surface area (Å²) in [5.41, 5.74) is 0.0907. The molecule has 1 heterocycles. The van der Waals surface area contributed by atoms with Crippen molar-refractivity contribution in [2.75, 3.05) is 12.4 Å². The largest absolute Gasteiger partial charge is 0.545 e. The van der Waals surface area contributed by atoms with Gasteiger partial charge in [0, 0.05) is 5.69 Å². The number of hydrogen-bond acceptors (Lipinski definition) is 7. The number of thioether (sulfide) groups is 1. The van der Waals surface area contributed by atoms with Crippen LogP contribution in [-0.4, -0.2) is 34.2 Å². The van der Waals surface area contributed by atoms with E-state index in [-0.39, 0.29) is 28.1 Å². The fourth-order valence-corrected chi connectivity index (χ4v) is 2.53. The molecule has 1 aromatic heterocycles. The summed E-state index contributed by atoms with van der Waals surface area (Å²) in [4.78, 5) is 40.9. The number of methoxy groups -OCH3 is 1. The van der Waals surface area contributed by atoms with Crippen LogP contribution in [0.1, 0.15) is 17.3 Å². The number of carbonyl (C=O) groups is 2. The van der Waals surface area contributed by atoms with Gasteiger partial charge < -0.3 is 24.9 Å². The number of ether oxygens (including phenoxy) is 1. The van der Waals surface area contributed by atoms with E-state index in [1.807, 2.05) is 0 Å². The van der Waals surface area contributed by atoms with Gasteiger partial charge in [0.2, 0.25) is 11.8 Å². The molecule has 2 aromatic rings. The Morgan fingerprint density at radius 3 is 2.58 bits per heavy atom. The van der Waals surface area contributed by atoms with Crippen LogP contribution in [-0.2, 0) is 4.79 Å². The number of aromatic carboxylic acids is 1. The molecule has 0 saturated carbocycles. The molecule has 0 aliphatic carbocycles. The molecular formula is C15H14N3O5S-. The van der Waals surface area contributed by atoms with E-state index in [4.69, 9.17) is 4.74 Å². The van der Waals surface area contributed by atoms with Crippen molar-refractivity contribution < 1.29 is 19.4 Å². The number of anilines is 1. The molecule has 0 aliphatic heterocycles. The van der Waals surface area contributed by atoms with Gasteiger partial charge in [0.05, 0.1) is 24.4 Å². The fraction of sp³-hybridized carbons (Fsp3) is 0.200. The first kappa shape index (κ1) is 17.5. The highest BCUT2D eigenvalue weighted by atomic mass is 32.2. The Morgan fingerprint density at radius 1 is 1.33 bits per heavy atom. The monoisotopic (exact) mass is 348 g/mol. The topological polar surface area (TPSA) is 124 Å². The second-order valence-corrected chi connectivity index (χ2v) is 6.04. The molecule has 0 saturated heterocycles. The first-order chi connectivity index (χ1) is 11.4. The predicted molar refractivity (Wildman–Crippen MR) is 86.1 cm³/mol. The summed E-state index contributed by atoms with van der Waals surface area (Å²) in [5, 5.41) is 13.0. The Hall–Kier alpha value is -2.81. The standard InChI is InChI=1S/C15H15N3O5S/c1-8(24-15-17-11(19)7-12(18-15)23-2)13(20)16-10-5-3-9(4-6-10)14(21)22/h3-8H,1-2H3,(H,16,20)(H,21,22)(H,17,18,19)/p-1/t8-/m1/s1. The number of nitrogens with one attached hydrogen (secondary N) is 2. The Labute approximate surface area is 141 Å². The van der Waals surface area contributed by atoms with E-state index < -0.39 is 11.2 Å². The van der Waals surface area contributed by atoms with E-state index in [1.54, 1.807) is 6.92 Å². The van der Waals surface area contributed by atoms with Crippen molar-refractivity contribution in [2.45, 2.75) is 17.3 Å². The van der Waals surface area contributed by atoms with Gasteiger partial charge in [0.1, 0.15) is 0 Å². The number of carboxylic acids is 1. The van der Waals surface area contributed by atoms with Gasteiger partial charge in [0.25, 0.3) is 5.56 Å². The zero-order valence-electron chi connectivity index (χ0n) is 12.9. The molecule has 0 aliphatic rings. The maximum Gasteiger partial charge on any atom is 0.255 e. The van der Waals surface area contributed by atoms with Gasteiger partial charge in [-0.05, 0) is 24.6 Å². The summed E-state index contributed by atoms with van der Waals surface area (Å²) in [6.45, 7) is 1.65. The lowest BCUT2D eigenvalue weighted by molar-refractivity contribution is -0.255. The highest BCUT2D eigenvalue weighted by molar-refractivity contribution is 8.00. The van der Waals surface area contributed by atoms with Crippen LogP contribution in [0.2, 0.25) is 0 Å². The third-order valence-electron chi connectivity index (χ3n) is 2.95. The number of aromatic amines is 1. The van der Waals surface area contributed by atoms with Crippen LogP contribution in [0.15, 0.2) is 40.3 Å². The number of aromatic nitrogens is 2. The summed E-state index contributed by atoms with van der Waals surface area (Å²) in [6, 6.07) is 6.81. The summed E-state index contributed by atoms with van der Waals surface area (Å²) < 4.78 is 4.91. The van der Waals surface area contributed by atoms with Crippen LogP contribution < -0.4 is 20.7 Å². The van der Waals surface area contributed by atoms with E-state index in [0.717, 1.165) is 11.8 Å². The first-order valence-corrected chi connectivity index (χ1v) is 7.71. The van der Waals surface area contributed by atoms with E-state index in [9.17, 15) is 19.5 Å². The third-order valence-corrected chi connectivity index (χ3v) is 3.94. The van der Waals surface area contributed by atoms with Crippen LogP contribution >= 0.6 is 11.8 Å².